The lowest BCUT2D eigenvalue weighted by molar-refractivity contribution is 0.249. The molecule has 2 N–H and O–H groups in total. The molecular weight excluding hydrogens is 262 g/mol. The maximum absolute atomic E-state index is 6.40. The standard InChI is InChI=1S/C17H31N3O/c1-5-20(13-9-12-19(3)4)14-16(18)15-10-7-8-11-17(15)21-6-2/h7-8,10-11,16H,5-6,9,12-14,18H2,1-4H3. The first kappa shape index (κ1) is 18.0. The summed E-state index contributed by atoms with van der Waals surface area (Å²) in [4.78, 5) is 4.63. The van der Waals surface area contributed by atoms with Crippen molar-refractivity contribution in [2.75, 3.05) is 46.9 Å². The summed E-state index contributed by atoms with van der Waals surface area (Å²) < 4.78 is 5.68. The van der Waals surface area contributed by atoms with E-state index in [9.17, 15) is 0 Å². The quantitative estimate of drug-likeness (QED) is 0.719. The van der Waals surface area contributed by atoms with Crippen LogP contribution in [0.1, 0.15) is 31.9 Å². The Morgan fingerprint density at radius 1 is 1.14 bits per heavy atom. The van der Waals surface area contributed by atoms with Crippen molar-refractivity contribution in [3.05, 3.63) is 29.8 Å². The second kappa shape index (κ2) is 9.77. The van der Waals surface area contributed by atoms with Crippen LogP contribution in [0.15, 0.2) is 24.3 Å². The first-order chi connectivity index (χ1) is 10.1. The lowest BCUT2D eigenvalue weighted by Crippen LogP contribution is -2.34. The molecule has 0 heterocycles. The number of para-hydroxylation sites is 1. The molecule has 0 bridgehead atoms. The maximum Gasteiger partial charge on any atom is 0.124 e. The lowest BCUT2D eigenvalue weighted by Gasteiger charge is -2.26. The third kappa shape index (κ3) is 6.46. The molecule has 0 aliphatic rings. The highest BCUT2D eigenvalue weighted by molar-refractivity contribution is 5.35. The van der Waals surface area contributed by atoms with Gasteiger partial charge in [-0.3, -0.25) is 0 Å². The van der Waals surface area contributed by atoms with E-state index in [1.165, 1.54) is 6.42 Å². The number of benzene rings is 1. The van der Waals surface area contributed by atoms with E-state index in [2.05, 4.69) is 36.9 Å². The van der Waals surface area contributed by atoms with Crippen LogP contribution in [-0.2, 0) is 0 Å². The molecule has 4 nitrogen and oxygen atoms in total. The Kier molecular flexibility index (Phi) is 8.35. The Morgan fingerprint density at radius 3 is 2.48 bits per heavy atom. The Labute approximate surface area is 129 Å². The summed E-state index contributed by atoms with van der Waals surface area (Å²) in [5, 5.41) is 0. The van der Waals surface area contributed by atoms with Gasteiger partial charge in [-0.1, -0.05) is 25.1 Å². The van der Waals surface area contributed by atoms with Gasteiger partial charge in [0.15, 0.2) is 0 Å². The fourth-order valence-corrected chi connectivity index (χ4v) is 2.44. The highest BCUT2D eigenvalue weighted by Crippen LogP contribution is 2.24. The summed E-state index contributed by atoms with van der Waals surface area (Å²) in [7, 11) is 4.22. The molecule has 4 heteroatoms. The van der Waals surface area contributed by atoms with Crippen LogP contribution in [0.25, 0.3) is 0 Å². The van der Waals surface area contributed by atoms with Gasteiger partial charge in [-0.2, -0.15) is 0 Å². The minimum absolute atomic E-state index is 0.00736. The van der Waals surface area contributed by atoms with Crippen LogP contribution >= 0.6 is 0 Å². The minimum Gasteiger partial charge on any atom is -0.494 e. The number of nitrogens with two attached hydrogens (primary N) is 1. The van der Waals surface area contributed by atoms with Crippen molar-refractivity contribution in [3.63, 3.8) is 0 Å². The molecule has 21 heavy (non-hydrogen) atoms. The fraction of sp³-hybridized carbons (Fsp3) is 0.647. The molecule has 0 saturated heterocycles. The van der Waals surface area contributed by atoms with Gasteiger partial charge in [-0.05, 0) is 53.1 Å². The summed E-state index contributed by atoms with van der Waals surface area (Å²) in [5.74, 6) is 0.914. The van der Waals surface area contributed by atoms with E-state index < -0.39 is 0 Å². The zero-order valence-corrected chi connectivity index (χ0v) is 14.0. The molecular formula is C17H31N3O. The largest absolute Gasteiger partial charge is 0.494 e. The molecule has 0 radical (unpaired) electrons. The van der Waals surface area contributed by atoms with Crippen molar-refractivity contribution in [1.82, 2.24) is 9.80 Å². The Morgan fingerprint density at radius 2 is 1.86 bits per heavy atom. The molecule has 120 valence electrons. The van der Waals surface area contributed by atoms with E-state index in [4.69, 9.17) is 10.5 Å². The van der Waals surface area contributed by atoms with Crippen molar-refractivity contribution in [2.45, 2.75) is 26.3 Å². The van der Waals surface area contributed by atoms with Gasteiger partial charge in [0.05, 0.1) is 6.61 Å². The monoisotopic (exact) mass is 293 g/mol. The van der Waals surface area contributed by atoms with Crippen LogP contribution in [0, 0.1) is 0 Å². The molecule has 1 atom stereocenters. The van der Waals surface area contributed by atoms with Crippen LogP contribution in [-0.4, -0.2) is 56.7 Å². The summed E-state index contributed by atoms with van der Waals surface area (Å²) in [5.41, 5.74) is 7.50. The van der Waals surface area contributed by atoms with Crippen LogP contribution in [0.4, 0.5) is 0 Å². The number of likely N-dealkylation sites (N-methyl/N-ethyl adjacent to an activating group) is 1. The van der Waals surface area contributed by atoms with Gasteiger partial charge in [0.25, 0.3) is 0 Å². The van der Waals surface area contributed by atoms with E-state index in [1.54, 1.807) is 0 Å². The van der Waals surface area contributed by atoms with Crippen molar-refractivity contribution < 1.29 is 4.74 Å². The molecule has 0 saturated carbocycles. The second-order valence-corrected chi connectivity index (χ2v) is 5.63. The summed E-state index contributed by atoms with van der Waals surface area (Å²) >= 11 is 0. The maximum atomic E-state index is 6.40. The van der Waals surface area contributed by atoms with E-state index in [-0.39, 0.29) is 6.04 Å². The molecule has 0 aliphatic heterocycles. The number of rotatable bonds is 10. The predicted molar refractivity (Wildman–Crippen MR) is 89.8 cm³/mol. The van der Waals surface area contributed by atoms with Gasteiger partial charge >= 0.3 is 0 Å². The molecule has 1 rings (SSSR count). The smallest absolute Gasteiger partial charge is 0.124 e. The highest BCUT2D eigenvalue weighted by Gasteiger charge is 2.15. The average molecular weight is 293 g/mol. The lowest BCUT2D eigenvalue weighted by atomic mass is 10.1. The first-order valence-electron chi connectivity index (χ1n) is 7.92. The van der Waals surface area contributed by atoms with Gasteiger partial charge in [0.1, 0.15) is 5.75 Å². The highest BCUT2D eigenvalue weighted by atomic mass is 16.5. The van der Waals surface area contributed by atoms with E-state index in [1.807, 2.05) is 25.1 Å². The van der Waals surface area contributed by atoms with Gasteiger partial charge in [-0.15, -0.1) is 0 Å². The van der Waals surface area contributed by atoms with E-state index in [0.29, 0.717) is 6.61 Å². The third-order valence-corrected chi connectivity index (χ3v) is 3.60. The third-order valence-electron chi connectivity index (χ3n) is 3.60. The number of hydrogen-bond donors (Lipinski definition) is 1. The Hall–Kier alpha value is -1.10. The summed E-state index contributed by atoms with van der Waals surface area (Å²) in [6.45, 7) is 8.95. The minimum atomic E-state index is -0.00736. The molecule has 0 fully saturated rings. The Balaban J connectivity index is 2.59. The Bertz CT molecular complexity index is 395. The molecule has 0 spiro atoms. The zero-order chi connectivity index (χ0) is 15.7. The van der Waals surface area contributed by atoms with Crippen LogP contribution in [0.2, 0.25) is 0 Å². The molecule has 1 aromatic rings. The van der Waals surface area contributed by atoms with Gasteiger partial charge in [0.2, 0.25) is 0 Å². The van der Waals surface area contributed by atoms with Gasteiger partial charge < -0.3 is 20.3 Å². The zero-order valence-electron chi connectivity index (χ0n) is 14.0. The van der Waals surface area contributed by atoms with Gasteiger partial charge in [-0.25, -0.2) is 0 Å². The topological polar surface area (TPSA) is 41.7 Å². The van der Waals surface area contributed by atoms with Crippen molar-refractivity contribution in [1.29, 1.82) is 0 Å². The molecule has 0 amide bonds. The molecule has 1 unspecified atom stereocenters. The number of nitrogens with zero attached hydrogens (tertiary/aromatic N) is 2. The normalized spacial score (nSPS) is 12.9. The molecule has 0 aliphatic carbocycles. The second-order valence-electron chi connectivity index (χ2n) is 5.63. The van der Waals surface area contributed by atoms with E-state index in [0.717, 1.165) is 37.5 Å². The molecule has 0 aromatic heterocycles. The number of ether oxygens (including phenoxy) is 1. The average Bonchev–Trinajstić information content (AvgIpc) is 2.46. The van der Waals surface area contributed by atoms with Crippen molar-refractivity contribution >= 4 is 0 Å². The molecule has 1 aromatic carbocycles. The predicted octanol–water partition coefficient (Wildman–Crippen LogP) is 2.36. The summed E-state index contributed by atoms with van der Waals surface area (Å²) in [6, 6.07) is 8.09. The van der Waals surface area contributed by atoms with Crippen molar-refractivity contribution in [3.8, 4) is 5.75 Å². The first-order valence-corrected chi connectivity index (χ1v) is 7.92. The SMILES string of the molecule is CCOc1ccccc1C(N)CN(CC)CCCN(C)C. The van der Waals surface area contributed by atoms with Crippen LogP contribution in [0.3, 0.4) is 0 Å². The fourth-order valence-electron chi connectivity index (χ4n) is 2.44. The van der Waals surface area contributed by atoms with Gasteiger partial charge in [0, 0.05) is 18.2 Å². The van der Waals surface area contributed by atoms with Crippen LogP contribution < -0.4 is 10.5 Å². The van der Waals surface area contributed by atoms with Crippen molar-refractivity contribution in [2.24, 2.45) is 5.73 Å². The van der Waals surface area contributed by atoms with E-state index >= 15 is 0 Å². The van der Waals surface area contributed by atoms with Crippen LogP contribution in [0.5, 0.6) is 5.75 Å². The summed E-state index contributed by atoms with van der Waals surface area (Å²) in [6.07, 6.45) is 1.17. The number of hydrogen-bond acceptors (Lipinski definition) is 4.